The van der Waals surface area contributed by atoms with E-state index in [0.717, 1.165) is 62.8 Å². The number of fused-ring (bicyclic) bond motifs is 1. The lowest BCUT2D eigenvalue weighted by Gasteiger charge is -2.15. The third kappa shape index (κ3) is 5.89. The summed E-state index contributed by atoms with van der Waals surface area (Å²) in [7, 11) is -3.48. The Hall–Kier alpha value is -2.19. The number of aromatic nitrogens is 2. The molecule has 0 saturated carbocycles. The minimum absolute atomic E-state index is 0.0443. The Kier molecular flexibility index (Phi) is 8.42. The average Bonchev–Trinajstić information content (AvgIpc) is 3.50. The fourth-order valence-corrected chi connectivity index (χ4v) is 6.50. The van der Waals surface area contributed by atoms with Crippen molar-refractivity contribution in [2.24, 2.45) is 0 Å². The normalized spacial score (nSPS) is 17.3. The van der Waals surface area contributed by atoms with Crippen LogP contribution in [0.2, 0.25) is 0 Å². The first-order valence-electron chi connectivity index (χ1n) is 12.9. The number of amides is 1. The molecule has 2 aliphatic rings. The quantitative estimate of drug-likeness (QED) is 0.472. The lowest BCUT2D eigenvalue weighted by Crippen LogP contribution is -2.27. The van der Waals surface area contributed by atoms with Gasteiger partial charge < -0.3 is 9.88 Å². The van der Waals surface area contributed by atoms with Crippen LogP contribution in [-0.2, 0) is 27.8 Å². The van der Waals surface area contributed by atoms with E-state index >= 15 is 0 Å². The van der Waals surface area contributed by atoms with E-state index < -0.39 is 10.0 Å². The third-order valence-electron chi connectivity index (χ3n) is 6.97. The Bertz CT molecular complexity index is 1130. The second-order valence-corrected chi connectivity index (χ2v) is 11.4. The van der Waals surface area contributed by atoms with E-state index in [1.54, 1.807) is 16.4 Å². The van der Waals surface area contributed by atoms with Gasteiger partial charge in [-0.25, -0.2) is 13.4 Å². The van der Waals surface area contributed by atoms with E-state index in [9.17, 15) is 13.2 Å². The van der Waals surface area contributed by atoms with Gasteiger partial charge in [0, 0.05) is 39.0 Å². The number of benzene rings is 1. The molecule has 1 amide bonds. The zero-order chi connectivity index (χ0) is 24.0. The molecule has 1 aliphatic heterocycles. The summed E-state index contributed by atoms with van der Waals surface area (Å²) in [6, 6.07) is 5.28. The maximum absolute atomic E-state index is 13.0. The summed E-state index contributed by atoms with van der Waals surface area (Å²) in [4.78, 5) is 17.6. The zero-order valence-electron chi connectivity index (χ0n) is 20.4. The highest BCUT2D eigenvalue weighted by atomic mass is 32.2. The van der Waals surface area contributed by atoms with E-state index in [0.29, 0.717) is 42.9 Å². The van der Waals surface area contributed by atoms with Crippen molar-refractivity contribution in [1.82, 2.24) is 19.2 Å². The highest BCUT2D eigenvalue weighted by Crippen LogP contribution is 2.26. The van der Waals surface area contributed by atoms with Gasteiger partial charge in [0.1, 0.15) is 5.82 Å². The first-order chi connectivity index (χ1) is 16.5. The molecule has 2 heterocycles. The van der Waals surface area contributed by atoms with Crippen LogP contribution in [0.5, 0.6) is 0 Å². The number of aryl methyl sites for hydroxylation is 2. The van der Waals surface area contributed by atoms with Gasteiger partial charge in [0.25, 0.3) is 0 Å². The summed E-state index contributed by atoms with van der Waals surface area (Å²) < 4.78 is 29.7. The van der Waals surface area contributed by atoms with Crippen molar-refractivity contribution < 1.29 is 13.2 Å². The van der Waals surface area contributed by atoms with E-state index in [-0.39, 0.29) is 5.91 Å². The molecule has 1 aliphatic carbocycles. The molecule has 0 atom stereocenters. The SMILES string of the molecule is CCCCn1c(CCC(=O)NCCC2=CCCCC2)nc2cc(S(=O)(=O)N3CCCC3)ccc21. The van der Waals surface area contributed by atoms with Gasteiger partial charge in [-0.05, 0) is 69.6 Å². The number of carbonyl (C=O) groups excluding carboxylic acids is 1. The van der Waals surface area contributed by atoms with E-state index in [4.69, 9.17) is 4.98 Å². The van der Waals surface area contributed by atoms with Crippen LogP contribution in [0.15, 0.2) is 34.7 Å². The Morgan fingerprint density at radius 1 is 1.12 bits per heavy atom. The standard InChI is InChI=1S/C26H38N4O3S/c1-2-3-19-30-24-12-11-22(34(32,33)29-17-7-8-18-29)20-23(24)28-25(30)13-14-26(31)27-16-15-21-9-5-4-6-10-21/h9,11-12,20H,2-8,10,13-19H2,1H3,(H,27,31). The average molecular weight is 487 g/mol. The summed E-state index contributed by atoms with van der Waals surface area (Å²) in [5, 5.41) is 3.06. The summed E-state index contributed by atoms with van der Waals surface area (Å²) in [6.45, 7) is 4.83. The number of unbranched alkanes of at least 4 members (excludes halogenated alkanes) is 1. The van der Waals surface area contributed by atoms with Gasteiger partial charge in [-0.1, -0.05) is 25.0 Å². The molecule has 34 heavy (non-hydrogen) atoms. The number of sulfonamides is 1. The fourth-order valence-electron chi connectivity index (χ4n) is 4.96. The van der Waals surface area contributed by atoms with Crippen molar-refractivity contribution in [2.75, 3.05) is 19.6 Å². The zero-order valence-corrected chi connectivity index (χ0v) is 21.2. The van der Waals surface area contributed by atoms with Gasteiger partial charge in [-0.15, -0.1) is 0 Å². The molecule has 7 nitrogen and oxygen atoms in total. The van der Waals surface area contributed by atoms with Crippen molar-refractivity contribution in [3.05, 3.63) is 35.7 Å². The minimum atomic E-state index is -3.48. The molecule has 2 aromatic rings. The summed E-state index contributed by atoms with van der Waals surface area (Å²) >= 11 is 0. The Balaban J connectivity index is 1.44. The Morgan fingerprint density at radius 2 is 1.94 bits per heavy atom. The highest BCUT2D eigenvalue weighted by molar-refractivity contribution is 7.89. The molecule has 0 radical (unpaired) electrons. The summed E-state index contributed by atoms with van der Waals surface area (Å²) in [6.07, 6.45) is 12.9. The molecular weight excluding hydrogens is 448 g/mol. The predicted molar refractivity (Wildman–Crippen MR) is 135 cm³/mol. The molecule has 0 bridgehead atoms. The number of carbonyl (C=O) groups is 1. The number of imidazole rings is 1. The molecule has 1 aromatic carbocycles. The summed E-state index contributed by atoms with van der Waals surface area (Å²) in [5.41, 5.74) is 3.09. The van der Waals surface area contributed by atoms with Crippen LogP contribution in [-0.4, -0.2) is 47.8 Å². The molecule has 0 unspecified atom stereocenters. The number of hydrogen-bond donors (Lipinski definition) is 1. The van der Waals surface area contributed by atoms with Crippen LogP contribution < -0.4 is 5.32 Å². The predicted octanol–water partition coefficient (Wildman–Crippen LogP) is 4.56. The minimum Gasteiger partial charge on any atom is -0.356 e. The molecule has 0 spiro atoms. The summed E-state index contributed by atoms with van der Waals surface area (Å²) in [5.74, 6) is 0.895. The number of allylic oxidation sites excluding steroid dienone is 1. The third-order valence-corrected chi connectivity index (χ3v) is 8.86. The first-order valence-corrected chi connectivity index (χ1v) is 14.4. The van der Waals surface area contributed by atoms with Crippen molar-refractivity contribution in [1.29, 1.82) is 0 Å². The van der Waals surface area contributed by atoms with E-state index in [2.05, 4.69) is 22.9 Å². The van der Waals surface area contributed by atoms with Crippen LogP contribution >= 0.6 is 0 Å². The molecule has 4 rings (SSSR count). The number of rotatable bonds is 11. The smallest absolute Gasteiger partial charge is 0.243 e. The van der Waals surface area contributed by atoms with Crippen LogP contribution in [0.1, 0.15) is 77.0 Å². The van der Waals surface area contributed by atoms with Crippen molar-refractivity contribution in [2.45, 2.75) is 89.0 Å². The second kappa shape index (κ2) is 11.5. The molecule has 1 saturated heterocycles. The molecule has 1 fully saturated rings. The second-order valence-electron chi connectivity index (χ2n) is 9.50. The van der Waals surface area contributed by atoms with Crippen molar-refractivity contribution in [3.63, 3.8) is 0 Å². The number of hydrogen-bond acceptors (Lipinski definition) is 4. The number of nitrogens with one attached hydrogen (secondary N) is 1. The molecular formula is C26H38N4O3S. The van der Waals surface area contributed by atoms with Crippen LogP contribution in [0.25, 0.3) is 11.0 Å². The van der Waals surface area contributed by atoms with Crippen LogP contribution in [0, 0.1) is 0 Å². The monoisotopic (exact) mass is 486 g/mol. The number of nitrogens with zero attached hydrogens (tertiary/aromatic N) is 3. The topological polar surface area (TPSA) is 84.3 Å². The van der Waals surface area contributed by atoms with Crippen LogP contribution in [0.3, 0.4) is 0 Å². The van der Waals surface area contributed by atoms with Gasteiger partial charge in [0.2, 0.25) is 15.9 Å². The van der Waals surface area contributed by atoms with Crippen LogP contribution in [0.4, 0.5) is 0 Å². The molecule has 8 heteroatoms. The van der Waals surface area contributed by atoms with E-state index in [1.807, 2.05) is 6.07 Å². The largest absolute Gasteiger partial charge is 0.356 e. The van der Waals surface area contributed by atoms with Gasteiger partial charge in [0.05, 0.1) is 15.9 Å². The molecule has 1 N–H and O–H groups in total. The Labute approximate surface area is 203 Å². The maximum atomic E-state index is 13.0. The lowest BCUT2D eigenvalue weighted by molar-refractivity contribution is -0.121. The van der Waals surface area contributed by atoms with Gasteiger partial charge >= 0.3 is 0 Å². The van der Waals surface area contributed by atoms with Gasteiger partial charge in [0.15, 0.2) is 0 Å². The molecule has 1 aromatic heterocycles. The molecule has 186 valence electrons. The van der Waals surface area contributed by atoms with Gasteiger partial charge in [-0.2, -0.15) is 4.31 Å². The maximum Gasteiger partial charge on any atom is 0.243 e. The lowest BCUT2D eigenvalue weighted by atomic mass is 9.97. The van der Waals surface area contributed by atoms with Crippen molar-refractivity contribution >= 4 is 27.0 Å². The van der Waals surface area contributed by atoms with Gasteiger partial charge in [-0.3, -0.25) is 4.79 Å². The Morgan fingerprint density at radius 3 is 2.68 bits per heavy atom. The fraction of sp³-hybridized carbons (Fsp3) is 0.615. The van der Waals surface area contributed by atoms with Crippen molar-refractivity contribution in [3.8, 4) is 0 Å². The van der Waals surface area contributed by atoms with E-state index in [1.165, 1.54) is 18.4 Å². The first kappa shape index (κ1) is 24.9. The highest BCUT2D eigenvalue weighted by Gasteiger charge is 2.28.